The largest absolute Gasteiger partial charge is 0.324 e. The van der Waals surface area contributed by atoms with E-state index < -0.39 is 33.6 Å². The maximum Gasteiger partial charge on any atom is 0.295 e. The minimum Gasteiger partial charge on any atom is -0.324 e. The Bertz CT molecular complexity index is 903. The zero-order valence-corrected chi connectivity index (χ0v) is 12.9. The molecule has 0 spiro atoms. The van der Waals surface area contributed by atoms with Crippen molar-refractivity contribution in [2.24, 2.45) is 0 Å². The molecule has 1 aliphatic heterocycles. The molecule has 118 valence electrons. The molecule has 0 unspecified atom stereocenters. The summed E-state index contributed by atoms with van der Waals surface area (Å²) in [7, 11) is -1.97. The molecule has 0 aliphatic carbocycles. The number of benzene rings is 1. The van der Waals surface area contributed by atoms with Gasteiger partial charge >= 0.3 is 0 Å². The van der Waals surface area contributed by atoms with Gasteiger partial charge in [0.05, 0.1) is 21.4 Å². The molecule has 23 heavy (non-hydrogen) atoms. The summed E-state index contributed by atoms with van der Waals surface area (Å²) in [4.78, 5) is 40.1. The molecule has 0 bridgehead atoms. The number of hydrogen-bond donors (Lipinski definition) is 4. The molecule has 9 nitrogen and oxygen atoms in total. The second kappa shape index (κ2) is 5.85. The van der Waals surface area contributed by atoms with E-state index in [1.54, 1.807) is 18.2 Å². The van der Waals surface area contributed by atoms with Gasteiger partial charge in [-0.1, -0.05) is 12.1 Å². The maximum atomic E-state index is 12.4. The second-order valence-electron chi connectivity index (χ2n) is 4.50. The van der Waals surface area contributed by atoms with Crippen LogP contribution in [0.5, 0.6) is 0 Å². The molecule has 0 fully saturated rings. The number of carbonyl (C=O) groups excluding carboxylic acids is 3. The Balaban J connectivity index is 1.84. The van der Waals surface area contributed by atoms with E-state index in [4.69, 9.17) is 12.2 Å². The SMILES string of the molecule is O=C(Nc1nc(=S)[nH][nH]1)C(=O)[C@@H]1C(=O)Nc2ccccc2[S@@]1=O. The first-order valence-corrected chi connectivity index (χ1v) is 7.90. The number of aromatic nitrogens is 3. The lowest BCUT2D eigenvalue weighted by Crippen LogP contribution is -2.46. The lowest BCUT2D eigenvalue weighted by molar-refractivity contribution is -0.136. The number of para-hydroxylation sites is 1. The molecule has 0 saturated carbocycles. The molecule has 2 aromatic rings. The fraction of sp³-hybridized carbons (Fsp3) is 0.0833. The van der Waals surface area contributed by atoms with Crippen LogP contribution < -0.4 is 10.6 Å². The van der Waals surface area contributed by atoms with Crippen molar-refractivity contribution in [1.29, 1.82) is 0 Å². The lowest BCUT2D eigenvalue weighted by Gasteiger charge is -2.22. The number of aromatic amines is 2. The van der Waals surface area contributed by atoms with Crippen molar-refractivity contribution in [2.45, 2.75) is 10.1 Å². The second-order valence-corrected chi connectivity index (χ2v) is 6.39. The van der Waals surface area contributed by atoms with E-state index in [1.165, 1.54) is 6.07 Å². The Morgan fingerprint density at radius 2 is 2.00 bits per heavy atom. The van der Waals surface area contributed by atoms with Gasteiger partial charge in [-0.25, -0.2) is 0 Å². The predicted octanol–water partition coefficient (Wildman–Crippen LogP) is 0.103. The van der Waals surface area contributed by atoms with E-state index >= 15 is 0 Å². The zero-order chi connectivity index (χ0) is 16.6. The average Bonchev–Trinajstić information content (AvgIpc) is 2.92. The number of carbonyl (C=O) groups is 3. The van der Waals surface area contributed by atoms with Crippen LogP contribution in [0, 0.1) is 4.77 Å². The Kier molecular flexibility index (Phi) is 3.88. The number of nitrogens with one attached hydrogen (secondary N) is 4. The minimum absolute atomic E-state index is 0.0734. The van der Waals surface area contributed by atoms with Crippen LogP contribution >= 0.6 is 12.2 Å². The number of nitrogens with zero attached hydrogens (tertiary/aromatic N) is 1. The van der Waals surface area contributed by atoms with E-state index in [0.717, 1.165) is 0 Å². The standard InChI is InChI=1S/C12H9N5O4S2/c18-7(9(19)14-11-15-12(22)17-16-11)8-10(20)13-5-3-1-2-4-6(5)23(8)21/h1-4,8H,(H,13,20)(H3,14,15,16,17,19,22)/t8-,23+/m1/s1. The van der Waals surface area contributed by atoms with Gasteiger partial charge in [0, 0.05) is 0 Å². The van der Waals surface area contributed by atoms with Crippen molar-refractivity contribution in [1.82, 2.24) is 15.2 Å². The Hall–Kier alpha value is -2.66. The van der Waals surface area contributed by atoms with E-state index in [1.807, 2.05) is 0 Å². The normalized spacial score (nSPS) is 19.6. The molecule has 2 heterocycles. The predicted molar refractivity (Wildman–Crippen MR) is 82.7 cm³/mol. The molecule has 2 amide bonds. The summed E-state index contributed by atoms with van der Waals surface area (Å²) in [6.45, 7) is 0. The van der Waals surface area contributed by atoms with Gasteiger partial charge in [0.15, 0.2) is 5.25 Å². The first-order valence-electron chi connectivity index (χ1n) is 6.27. The highest BCUT2D eigenvalue weighted by Crippen LogP contribution is 2.27. The number of H-pyrrole nitrogens is 2. The van der Waals surface area contributed by atoms with Crippen LogP contribution in [-0.2, 0) is 25.2 Å². The molecule has 2 atom stereocenters. The van der Waals surface area contributed by atoms with Gasteiger partial charge in [-0.3, -0.25) is 34.1 Å². The van der Waals surface area contributed by atoms with E-state index in [2.05, 4.69) is 25.8 Å². The maximum absolute atomic E-state index is 12.4. The van der Waals surface area contributed by atoms with Crippen molar-refractivity contribution in [2.75, 3.05) is 10.6 Å². The van der Waals surface area contributed by atoms with Gasteiger partial charge in [-0.05, 0) is 24.4 Å². The molecule has 1 aromatic heterocycles. The molecule has 0 radical (unpaired) electrons. The van der Waals surface area contributed by atoms with Crippen LogP contribution in [0.4, 0.5) is 11.6 Å². The monoisotopic (exact) mass is 351 g/mol. The number of rotatable bonds is 3. The van der Waals surface area contributed by atoms with Gasteiger partial charge in [-0.2, -0.15) is 4.98 Å². The fourth-order valence-corrected chi connectivity index (χ4v) is 3.50. The Morgan fingerprint density at radius 3 is 2.70 bits per heavy atom. The fourth-order valence-electron chi connectivity index (χ4n) is 2.00. The third kappa shape index (κ3) is 2.83. The van der Waals surface area contributed by atoms with Crippen molar-refractivity contribution >= 4 is 52.3 Å². The van der Waals surface area contributed by atoms with Gasteiger partial charge < -0.3 is 5.32 Å². The summed E-state index contributed by atoms with van der Waals surface area (Å²) < 4.78 is 12.5. The van der Waals surface area contributed by atoms with E-state index in [-0.39, 0.29) is 15.6 Å². The molecule has 4 N–H and O–H groups in total. The van der Waals surface area contributed by atoms with Crippen molar-refractivity contribution in [3.8, 4) is 0 Å². The van der Waals surface area contributed by atoms with Crippen LogP contribution in [0.1, 0.15) is 0 Å². The van der Waals surface area contributed by atoms with E-state index in [0.29, 0.717) is 5.69 Å². The summed E-state index contributed by atoms with van der Waals surface area (Å²) in [5.41, 5.74) is 0.358. The zero-order valence-electron chi connectivity index (χ0n) is 11.3. The third-order valence-electron chi connectivity index (χ3n) is 3.01. The molecule has 3 rings (SSSR count). The van der Waals surface area contributed by atoms with Gasteiger partial charge in [0.25, 0.3) is 5.91 Å². The summed E-state index contributed by atoms with van der Waals surface area (Å²) in [5, 5.41) is 7.87. The summed E-state index contributed by atoms with van der Waals surface area (Å²) in [6.07, 6.45) is 0. The van der Waals surface area contributed by atoms with Crippen molar-refractivity contribution < 1.29 is 18.6 Å². The molecular weight excluding hydrogens is 342 g/mol. The number of Topliss-reactive ketones (excluding diaryl/α,β-unsaturated/α-hetero) is 1. The molecule has 1 aromatic carbocycles. The summed E-state index contributed by atoms with van der Waals surface area (Å²) in [6, 6.07) is 6.37. The van der Waals surface area contributed by atoms with Crippen LogP contribution in [0.2, 0.25) is 0 Å². The van der Waals surface area contributed by atoms with Gasteiger partial charge in [0.2, 0.25) is 22.4 Å². The highest BCUT2D eigenvalue weighted by Gasteiger charge is 2.41. The van der Waals surface area contributed by atoms with Crippen molar-refractivity contribution in [3.63, 3.8) is 0 Å². The Morgan fingerprint density at radius 1 is 1.26 bits per heavy atom. The number of hydrogen-bond acceptors (Lipinski definition) is 6. The molecule has 0 saturated heterocycles. The van der Waals surface area contributed by atoms with Crippen molar-refractivity contribution in [3.05, 3.63) is 29.0 Å². The molecule has 1 aliphatic rings. The first kappa shape index (κ1) is 15.2. The minimum atomic E-state index is -1.97. The molecular formula is C12H9N5O4S2. The number of amides is 2. The first-order chi connectivity index (χ1) is 11.0. The number of anilines is 2. The van der Waals surface area contributed by atoms with Crippen LogP contribution in [-0.4, -0.2) is 42.2 Å². The highest BCUT2D eigenvalue weighted by molar-refractivity contribution is 7.87. The van der Waals surface area contributed by atoms with Gasteiger partial charge in [0.1, 0.15) is 0 Å². The van der Waals surface area contributed by atoms with Crippen LogP contribution in [0.15, 0.2) is 29.2 Å². The Labute approximate surface area is 136 Å². The quantitative estimate of drug-likeness (QED) is 0.352. The smallest absolute Gasteiger partial charge is 0.295 e. The van der Waals surface area contributed by atoms with E-state index in [9.17, 15) is 18.6 Å². The van der Waals surface area contributed by atoms with Gasteiger partial charge in [-0.15, -0.1) is 0 Å². The highest BCUT2D eigenvalue weighted by atomic mass is 32.2. The van der Waals surface area contributed by atoms with Crippen LogP contribution in [0.25, 0.3) is 0 Å². The third-order valence-corrected chi connectivity index (χ3v) is 4.85. The summed E-state index contributed by atoms with van der Waals surface area (Å²) >= 11 is 4.71. The topological polar surface area (TPSA) is 137 Å². The average molecular weight is 351 g/mol. The summed E-state index contributed by atoms with van der Waals surface area (Å²) in [5.74, 6) is -3.11. The van der Waals surface area contributed by atoms with Crippen LogP contribution in [0.3, 0.4) is 0 Å². The lowest BCUT2D eigenvalue weighted by atomic mass is 10.2. The number of fused-ring (bicyclic) bond motifs is 1. The molecule has 11 heteroatoms. The number of ketones is 1.